The molecule has 28 heavy (non-hydrogen) atoms. The molecule has 1 amide bonds. The molecule has 2 heterocycles. The van der Waals surface area contributed by atoms with Gasteiger partial charge < -0.3 is 14.8 Å². The average molecular weight is 413 g/mol. The minimum absolute atomic E-state index is 0.0929. The lowest BCUT2D eigenvalue weighted by atomic mass is 10.1. The molecule has 1 aromatic heterocycles. The number of thiazole rings is 1. The number of hydrogen-bond acceptors (Lipinski definition) is 6. The summed E-state index contributed by atoms with van der Waals surface area (Å²) in [5, 5.41) is 5.01. The second kappa shape index (κ2) is 8.67. The van der Waals surface area contributed by atoms with E-state index in [1.165, 1.54) is 5.56 Å². The third kappa shape index (κ3) is 4.66. The number of amides is 1. The standard InChI is InChI=1S/C21H20N2O3S2/c1-14-12-27-21(23-14)28-13-15-2-5-17(6-3-15)20(24)22-11-16-4-7-18-19(10-16)26-9-8-25-18/h2-7,10,12H,8-9,11,13H2,1H3,(H,22,24). The largest absolute Gasteiger partial charge is 0.486 e. The number of nitrogens with zero attached hydrogens (tertiary/aromatic N) is 1. The molecule has 0 atom stereocenters. The van der Waals surface area contributed by atoms with E-state index in [1.54, 1.807) is 23.1 Å². The van der Waals surface area contributed by atoms with Crippen molar-refractivity contribution in [1.29, 1.82) is 0 Å². The molecule has 5 nitrogen and oxygen atoms in total. The Balaban J connectivity index is 1.31. The van der Waals surface area contributed by atoms with Crippen molar-refractivity contribution in [1.82, 2.24) is 10.3 Å². The zero-order chi connectivity index (χ0) is 19.3. The summed E-state index contributed by atoms with van der Waals surface area (Å²) in [6.07, 6.45) is 0. The quantitative estimate of drug-likeness (QED) is 0.607. The lowest BCUT2D eigenvalue weighted by Gasteiger charge is -2.19. The molecular weight excluding hydrogens is 392 g/mol. The van der Waals surface area contributed by atoms with E-state index in [1.807, 2.05) is 49.4 Å². The Morgan fingerprint density at radius 3 is 2.61 bits per heavy atom. The Morgan fingerprint density at radius 1 is 1.11 bits per heavy atom. The van der Waals surface area contributed by atoms with E-state index in [0.717, 1.165) is 32.8 Å². The highest BCUT2D eigenvalue weighted by molar-refractivity contribution is 8.00. The molecule has 0 unspecified atom stereocenters. The Hall–Kier alpha value is -2.51. The molecule has 1 aliphatic rings. The van der Waals surface area contributed by atoms with Gasteiger partial charge in [-0.05, 0) is 42.3 Å². The van der Waals surface area contributed by atoms with Gasteiger partial charge in [-0.3, -0.25) is 4.79 Å². The molecule has 1 N–H and O–H groups in total. The van der Waals surface area contributed by atoms with Gasteiger partial charge in [0.2, 0.25) is 0 Å². The third-order valence-corrected chi connectivity index (χ3v) is 6.45. The number of rotatable bonds is 6. The molecule has 0 fully saturated rings. The molecule has 0 saturated carbocycles. The minimum Gasteiger partial charge on any atom is -0.486 e. The molecule has 7 heteroatoms. The summed E-state index contributed by atoms with van der Waals surface area (Å²) in [7, 11) is 0. The number of fused-ring (bicyclic) bond motifs is 1. The van der Waals surface area contributed by atoms with Crippen molar-refractivity contribution in [3.8, 4) is 11.5 Å². The van der Waals surface area contributed by atoms with Crippen LogP contribution in [0.25, 0.3) is 0 Å². The van der Waals surface area contributed by atoms with E-state index in [0.29, 0.717) is 25.3 Å². The third-order valence-electron chi connectivity index (χ3n) is 4.24. The normalized spacial score (nSPS) is 12.6. The summed E-state index contributed by atoms with van der Waals surface area (Å²) < 4.78 is 12.2. The number of thioether (sulfide) groups is 1. The molecule has 3 aromatic rings. The van der Waals surface area contributed by atoms with Crippen molar-refractivity contribution in [3.05, 3.63) is 70.2 Å². The second-order valence-corrected chi connectivity index (χ2v) is 8.48. The lowest BCUT2D eigenvalue weighted by molar-refractivity contribution is 0.0951. The zero-order valence-electron chi connectivity index (χ0n) is 15.4. The maximum atomic E-state index is 12.4. The van der Waals surface area contributed by atoms with Crippen molar-refractivity contribution < 1.29 is 14.3 Å². The van der Waals surface area contributed by atoms with E-state index < -0.39 is 0 Å². The van der Waals surface area contributed by atoms with Crippen LogP contribution in [0.5, 0.6) is 11.5 Å². The van der Waals surface area contributed by atoms with Crippen LogP contribution in [-0.2, 0) is 12.3 Å². The number of carbonyl (C=O) groups is 1. The zero-order valence-corrected chi connectivity index (χ0v) is 17.1. The maximum absolute atomic E-state index is 12.4. The van der Waals surface area contributed by atoms with E-state index in [9.17, 15) is 4.79 Å². The molecule has 0 aliphatic carbocycles. The maximum Gasteiger partial charge on any atom is 0.251 e. The first-order chi connectivity index (χ1) is 13.7. The average Bonchev–Trinajstić information content (AvgIpc) is 3.16. The summed E-state index contributed by atoms with van der Waals surface area (Å²) in [5.41, 5.74) is 3.85. The minimum atomic E-state index is -0.0929. The van der Waals surface area contributed by atoms with Gasteiger partial charge >= 0.3 is 0 Å². The van der Waals surface area contributed by atoms with Gasteiger partial charge in [-0.25, -0.2) is 4.98 Å². The molecule has 0 saturated heterocycles. The topological polar surface area (TPSA) is 60.5 Å². The first kappa shape index (κ1) is 18.8. The van der Waals surface area contributed by atoms with Crippen LogP contribution in [0, 0.1) is 6.92 Å². The van der Waals surface area contributed by atoms with Gasteiger partial charge in [0.15, 0.2) is 11.5 Å². The van der Waals surface area contributed by atoms with Crippen LogP contribution in [0.1, 0.15) is 27.2 Å². The van der Waals surface area contributed by atoms with E-state index >= 15 is 0 Å². The van der Waals surface area contributed by atoms with E-state index in [2.05, 4.69) is 15.7 Å². The van der Waals surface area contributed by atoms with Crippen molar-refractivity contribution in [3.63, 3.8) is 0 Å². The number of aryl methyl sites for hydroxylation is 1. The first-order valence-electron chi connectivity index (χ1n) is 8.98. The highest BCUT2D eigenvalue weighted by atomic mass is 32.2. The van der Waals surface area contributed by atoms with Crippen molar-refractivity contribution in [2.24, 2.45) is 0 Å². The fourth-order valence-electron chi connectivity index (χ4n) is 2.78. The fourth-order valence-corrected chi connectivity index (χ4v) is 4.58. The monoisotopic (exact) mass is 412 g/mol. The molecule has 144 valence electrons. The van der Waals surface area contributed by atoms with Gasteiger partial charge in [-0.2, -0.15) is 0 Å². The van der Waals surface area contributed by atoms with Crippen LogP contribution in [0.3, 0.4) is 0 Å². The van der Waals surface area contributed by atoms with Gasteiger partial charge in [0.05, 0.1) is 0 Å². The molecule has 4 rings (SSSR count). The van der Waals surface area contributed by atoms with E-state index in [4.69, 9.17) is 9.47 Å². The number of hydrogen-bond donors (Lipinski definition) is 1. The van der Waals surface area contributed by atoms with Crippen molar-refractivity contribution >= 4 is 29.0 Å². The van der Waals surface area contributed by atoms with Gasteiger partial charge in [0, 0.05) is 28.9 Å². The second-order valence-electron chi connectivity index (χ2n) is 6.40. The number of aromatic nitrogens is 1. The molecule has 0 bridgehead atoms. The molecular formula is C21H20N2O3S2. The highest BCUT2D eigenvalue weighted by Gasteiger charge is 2.12. The Morgan fingerprint density at radius 2 is 1.86 bits per heavy atom. The van der Waals surface area contributed by atoms with Crippen LogP contribution in [0.4, 0.5) is 0 Å². The van der Waals surface area contributed by atoms with Gasteiger partial charge in [-0.1, -0.05) is 30.0 Å². The van der Waals surface area contributed by atoms with Crippen LogP contribution in [-0.4, -0.2) is 24.1 Å². The van der Waals surface area contributed by atoms with Crippen LogP contribution in [0.15, 0.2) is 52.2 Å². The van der Waals surface area contributed by atoms with Crippen LogP contribution >= 0.6 is 23.1 Å². The number of carbonyl (C=O) groups excluding carboxylic acids is 1. The smallest absolute Gasteiger partial charge is 0.251 e. The molecule has 2 aromatic carbocycles. The van der Waals surface area contributed by atoms with Gasteiger partial charge in [-0.15, -0.1) is 11.3 Å². The predicted octanol–water partition coefficient (Wildman–Crippen LogP) is 4.45. The molecule has 1 aliphatic heterocycles. The van der Waals surface area contributed by atoms with E-state index in [-0.39, 0.29) is 5.91 Å². The summed E-state index contributed by atoms with van der Waals surface area (Å²) >= 11 is 3.37. The SMILES string of the molecule is Cc1csc(SCc2ccc(C(=O)NCc3ccc4c(c3)OCCO4)cc2)n1. The highest BCUT2D eigenvalue weighted by Crippen LogP contribution is 2.30. The first-order valence-corrected chi connectivity index (χ1v) is 10.8. The summed E-state index contributed by atoms with van der Waals surface area (Å²) in [6, 6.07) is 13.4. The predicted molar refractivity (Wildman–Crippen MR) is 111 cm³/mol. The summed E-state index contributed by atoms with van der Waals surface area (Å²) in [4.78, 5) is 16.9. The number of benzene rings is 2. The van der Waals surface area contributed by atoms with Gasteiger partial charge in [0.25, 0.3) is 5.91 Å². The lowest BCUT2D eigenvalue weighted by Crippen LogP contribution is -2.23. The fraction of sp³-hybridized carbons (Fsp3) is 0.238. The van der Waals surface area contributed by atoms with Gasteiger partial charge in [0.1, 0.15) is 17.6 Å². The van der Waals surface area contributed by atoms with Crippen molar-refractivity contribution in [2.75, 3.05) is 13.2 Å². The number of ether oxygens (including phenoxy) is 2. The Labute approximate surface area is 172 Å². The van der Waals surface area contributed by atoms with Crippen molar-refractivity contribution in [2.45, 2.75) is 23.6 Å². The molecule has 0 radical (unpaired) electrons. The summed E-state index contributed by atoms with van der Waals surface area (Å²) in [5.74, 6) is 2.23. The van der Waals surface area contributed by atoms with Crippen LogP contribution < -0.4 is 14.8 Å². The molecule has 0 spiro atoms. The summed E-state index contributed by atoms with van der Waals surface area (Å²) in [6.45, 7) is 3.56. The Bertz CT molecular complexity index is 970. The Kier molecular flexibility index (Phi) is 5.83. The number of nitrogens with one attached hydrogen (secondary N) is 1. The van der Waals surface area contributed by atoms with Crippen LogP contribution in [0.2, 0.25) is 0 Å².